The molecule has 2 aliphatic rings. The Labute approximate surface area is 134 Å². The molecule has 0 bridgehead atoms. The van der Waals surface area contributed by atoms with E-state index in [0.717, 1.165) is 60.4 Å². The Morgan fingerprint density at radius 2 is 2.38 bits per heavy atom. The molecule has 0 N–H and O–H groups in total. The van der Waals surface area contributed by atoms with E-state index >= 15 is 0 Å². The second-order valence-electron chi connectivity index (χ2n) is 5.61. The van der Waals surface area contributed by atoms with Crippen LogP contribution in [0.2, 0.25) is 0 Å². The van der Waals surface area contributed by atoms with E-state index in [1.165, 1.54) is 0 Å². The van der Waals surface area contributed by atoms with E-state index in [1.807, 2.05) is 18.7 Å². The molecule has 1 amide bonds. The van der Waals surface area contributed by atoms with E-state index in [-0.39, 0.29) is 5.91 Å². The quantitative estimate of drug-likeness (QED) is 0.856. The molecule has 2 saturated heterocycles. The number of hydrogen-bond acceptors (Lipinski definition) is 5. The minimum absolute atomic E-state index is 0.185. The molecule has 6 heteroatoms. The van der Waals surface area contributed by atoms with Crippen molar-refractivity contribution in [2.24, 2.45) is 0 Å². The molecule has 0 unspecified atom stereocenters. The van der Waals surface area contributed by atoms with Crippen molar-refractivity contribution in [3.05, 3.63) is 15.6 Å². The number of carbonyl (C=O) groups excluding carboxylic acids is 1. The van der Waals surface area contributed by atoms with Crippen molar-refractivity contribution in [2.75, 3.05) is 25.5 Å². The van der Waals surface area contributed by atoms with Gasteiger partial charge in [0.1, 0.15) is 4.88 Å². The number of fused-ring (bicyclic) bond motifs is 1. The topological polar surface area (TPSA) is 42.4 Å². The minimum Gasteiger partial charge on any atom is -0.380 e. The van der Waals surface area contributed by atoms with Gasteiger partial charge in [-0.1, -0.05) is 6.92 Å². The molecule has 2 aliphatic heterocycles. The lowest BCUT2D eigenvalue weighted by Crippen LogP contribution is -2.54. The lowest BCUT2D eigenvalue weighted by molar-refractivity contribution is 0.0321. The molecule has 1 aromatic heterocycles. The Bertz CT molecular complexity index is 516. The highest BCUT2D eigenvalue weighted by molar-refractivity contribution is 8.00. The van der Waals surface area contributed by atoms with Gasteiger partial charge in [-0.05, 0) is 26.2 Å². The van der Waals surface area contributed by atoms with Gasteiger partial charge in [-0.25, -0.2) is 4.98 Å². The van der Waals surface area contributed by atoms with Gasteiger partial charge in [0, 0.05) is 30.2 Å². The Balaban J connectivity index is 1.80. The summed E-state index contributed by atoms with van der Waals surface area (Å²) in [6, 6.07) is 0.334. The first-order chi connectivity index (χ1) is 10.2. The lowest BCUT2D eigenvalue weighted by Gasteiger charge is -2.43. The van der Waals surface area contributed by atoms with Gasteiger partial charge in [0.2, 0.25) is 0 Å². The van der Waals surface area contributed by atoms with Gasteiger partial charge in [0.15, 0.2) is 0 Å². The maximum atomic E-state index is 12.9. The molecule has 0 radical (unpaired) electrons. The molecular formula is C15H22N2O2S2. The van der Waals surface area contributed by atoms with Crippen molar-refractivity contribution in [2.45, 2.75) is 44.4 Å². The van der Waals surface area contributed by atoms with E-state index in [2.05, 4.69) is 16.8 Å². The maximum Gasteiger partial charge on any atom is 0.266 e. The van der Waals surface area contributed by atoms with Crippen LogP contribution in [0.1, 0.15) is 40.1 Å². The fourth-order valence-electron chi connectivity index (χ4n) is 3.04. The van der Waals surface area contributed by atoms with Gasteiger partial charge >= 0.3 is 0 Å². The lowest BCUT2D eigenvalue weighted by atomic mass is 10.1. The highest BCUT2D eigenvalue weighted by atomic mass is 32.2. The van der Waals surface area contributed by atoms with Crippen LogP contribution in [0, 0.1) is 6.92 Å². The zero-order valence-corrected chi connectivity index (χ0v) is 14.3. The number of nitrogens with zero attached hydrogens (tertiary/aromatic N) is 2. The van der Waals surface area contributed by atoms with Crippen LogP contribution in [0.15, 0.2) is 0 Å². The first-order valence-electron chi connectivity index (χ1n) is 7.67. The zero-order valence-electron chi connectivity index (χ0n) is 12.6. The number of thioether (sulfide) groups is 1. The third-order valence-corrected chi connectivity index (χ3v) is 6.60. The molecular weight excluding hydrogens is 304 g/mol. The van der Waals surface area contributed by atoms with Crippen LogP contribution in [0.5, 0.6) is 0 Å². The van der Waals surface area contributed by atoms with Crippen LogP contribution < -0.4 is 0 Å². The molecule has 0 saturated carbocycles. The van der Waals surface area contributed by atoms with Gasteiger partial charge in [-0.2, -0.15) is 11.8 Å². The van der Waals surface area contributed by atoms with Crippen molar-refractivity contribution < 1.29 is 9.53 Å². The highest BCUT2D eigenvalue weighted by Crippen LogP contribution is 2.32. The SMILES string of the molecule is CCCc1nc(C)c(C(=O)N2CCS[C@@H]3COCC[C@H]32)s1. The molecule has 1 aromatic rings. The number of rotatable bonds is 3. The molecule has 0 spiro atoms. The molecule has 2 fully saturated rings. The maximum absolute atomic E-state index is 12.9. The van der Waals surface area contributed by atoms with Crippen LogP contribution in [0.25, 0.3) is 0 Å². The normalized spacial score (nSPS) is 25.7. The summed E-state index contributed by atoms with van der Waals surface area (Å²) in [4.78, 5) is 20.4. The predicted molar refractivity (Wildman–Crippen MR) is 87.4 cm³/mol. The molecule has 3 heterocycles. The number of carbonyl (C=O) groups is 1. The number of aromatic nitrogens is 1. The van der Waals surface area contributed by atoms with Crippen molar-refractivity contribution in [1.82, 2.24) is 9.88 Å². The fourth-order valence-corrected chi connectivity index (χ4v) is 5.46. The standard InChI is InChI=1S/C15H22N2O2S2/c1-3-4-13-16-10(2)14(21-13)15(18)17-6-8-20-12-9-19-7-5-11(12)17/h11-12H,3-9H2,1-2H3/t11-,12-/m1/s1. The summed E-state index contributed by atoms with van der Waals surface area (Å²) in [6.07, 6.45) is 3.00. The third-order valence-electron chi connectivity index (χ3n) is 4.09. The molecule has 3 rings (SSSR count). The van der Waals surface area contributed by atoms with Crippen molar-refractivity contribution in [3.8, 4) is 0 Å². The molecule has 0 aromatic carbocycles. The van der Waals surface area contributed by atoms with E-state index in [0.29, 0.717) is 11.3 Å². The van der Waals surface area contributed by atoms with Crippen LogP contribution >= 0.6 is 23.1 Å². The molecule has 21 heavy (non-hydrogen) atoms. The minimum atomic E-state index is 0.185. The van der Waals surface area contributed by atoms with Crippen LogP contribution in [0.3, 0.4) is 0 Å². The Morgan fingerprint density at radius 3 is 3.19 bits per heavy atom. The third kappa shape index (κ3) is 3.12. The van der Waals surface area contributed by atoms with Gasteiger partial charge in [-0.3, -0.25) is 4.79 Å². The predicted octanol–water partition coefficient (Wildman–Crippen LogP) is 2.75. The summed E-state index contributed by atoms with van der Waals surface area (Å²) >= 11 is 3.53. The summed E-state index contributed by atoms with van der Waals surface area (Å²) in [5.74, 6) is 1.19. The number of thiazole rings is 1. The summed E-state index contributed by atoms with van der Waals surface area (Å²) in [7, 11) is 0. The monoisotopic (exact) mass is 326 g/mol. The molecule has 116 valence electrons. The second kappa shape index (κ2) is 6.67. The largest absolute Gasteiger partial charge is 0.380 e. The number of hydrogen-bond donors (Lipinski definition) is 0. The summed E-state index contributed by atoms with van der Waals surface area (Å²) in [5, 5.41) is 1.54. The summed E-state index contributed by atoms with van der Waals surface area (Å²) in [5.41, 5.74) is 0.898. The highest BCUT2D eigenvalue weighted by Gasteiger charge is 2.38. The van der Waals surface area contributed by atoms with Crippen molar-refractivity contribution in [3.63, 3.8) is 0 Å². The van der Waals surface area contributed by atoms with E-state index in [4.69, 9.17) is 4.74 Å². The van der Waals surface area contributed by atoms with E-state index in [9.17, 15) is 4.79 Å². The average Bonchev–Trinajstić information content (AvgIpc) is 2.87. The second-order valence-corrected chi connectivity index (χ2v) is 8.04. The van der Waals surface area contributed by atoms with Crippen LogP contribution in [-0.4, -0.2) is 52.6 Å². The van der Waals surface area contributed by atoms with Crippen molar-refractivity contribution in [1.29, 1.82) is 0 Å². The van der Waals surface area contributed by atoms with Gasteiger partial charge in [0.05, 0.1) is 17.3 Å². The Kier molecular flexibility index (Phi) is 4.86. The number of amides is 1. The first-order valence-corrected chi connectivity index (χ1v) is 9.54. The Morgan fingerprint density at radius 1 is 1.52 bits per heavy atom. The first kappa shape index (κ1) is 15.3. The van der Waals surface area contributed by atoms with Gasteiger partial charge in [0.25, 0.3) is 5.91 Å². The zero-order chi connectivity index (χ0) is 14.8. The molecule has 2 atom stereocenters. The summed E-state index contributed by atoms with van der Waals surface area (Å²) < 4.78 is 5.56. The van der Waals surface area contributed by atoms with Gasteiger partial charge in [-0.15, -0.1) is 11.3 Å². The number of ether oxygens (including phenoxy) is 1. The fraction of sp³-hybridized carbons (Fsp3) is 0.733. The molecule has 4 nitrogen and oxygen atoms in total. The smallest absolute Gasteiger partial charge is 0.266 e. The van der Waals surface area contributed by atoms with Crippen LogP contribution in [0.4, 0.5) is 0 Å². The average molecular weight is 326 g/mol. The summed E-state index contributed by atoms with van der Waals surface area (Å²) in [6.45, 7) is 6.51. The van der Waals surface area contributed by atoms with Gasteiger partial charge < -0.3 is 9.64 Å². The van der Waals surface area contributed by atoms with Crippen LogP contribution in [-0.2, 0) is 11.2 Å². The Hall–Kier alpha value is -0.590. The van der Waals surface area contributed by atoms with E-state index < -0.39 is 0 Å². The van der Waals surface area contributed by atoms with Crippen molar-refractivity contribution >= 4 is 29.0 Å². The van der Waals surface area contributed by atoms with E-state index in [1.54, 1.807) is 11.3 Å². The number of aryl methyl sites for hydroxylation is 2. The molecule has 0 aliphatic carbocycles.